The molecule has 0 aliphatic carbocycles. The second kappa shape index (κ2) is 8.81. The van der Waals surface area contributed by atoms with Crippen molar-refractivity contribution in [3.63, 3.8) is 0 Å². The number of hydrogen-bond donors (Lipinski definition) is 0. The van der Waals surface area contributed by atoms with Crippen LogP contribution in [0.2, 0.25) is 0 Å². The molecule has 0 spiro atoms. The van der Waals surface area contributed by atoms with Crippen LogP contribution < -0.4 is 0 Å². The smallest absolute Gasteiger partial charge is 0.243 e. The molecular weight excluding hydrogens is 464 g/mol. The van der Waals surface area contributed by atoms with Gasteiger partial charge in [0.1, 0.15) is 0 Å². The van der Waals surface area contributed by atoms with E-state index in [1.807, 2.05) is 29.2 Å². The molecule has 0 N–H and O–H groups in total. The van der Waals surface area contributed by atoms with Crippen LogP contribution in [0.25, 0.3) is 0 Å². The summed E-state index contributed by atoms with van der Waals surface area (Å²) >= 11 is 3.36. The summed E-state index contributed by atoms with van der Waals surface area (Å²) in [5.74, 6) is 0.679. The molecule has 2 aromatic carbocycles. The van der Waals surface area contributed by atoms with Crippen molar-refractivity contribution < 1.29 is 13.2 Å². The van der Waals surface area contributed by atoms with Crippen LogP contribution >= 0.6 is 15.9 Å². The third-order valence-electron chi connectivity index (χ3n) is 6.29. The predicted octanol–water partition coefficient (Wildman–Crippen LogP) is 4.39. The van der Waals surface area contributed by atoms with Crippen LogP contribution in [0.15, 0.2) is 57.9 Å². The Labute approximate surface area is 187 Å². The predicted molar refractivity (Wildman–Crippen MR) is 121 cm³/mol. The normalized spacial score (nSPS) is 20.7. The van der Waals surface area contributed by atoms with Crippen LogP contribution in [0.1, 0.15) is 43.4 Å². The van der Waals surface area contributed by atoms with E-state index in [9.17, 15) is 13.2 Å². The van der Waals surface area contributed by atoms with Gasteiger partial charge in [-0.1, -0.05) is 47.1 Å². The molecule has 1 atom stereocenters. The Morgan fingerprint density at radius 1 is 1.03 bits per heavy atom. The van der Waals surface area contributed by atoms with E-state index in [0.717, 1.165) is 41.5 Å². The number of amides is 1. The first-order chi connectivity index (χ1) is 14.4. The Morgan fingerprint density at radius 2 is 1.70 bits per heavy atom. The van der Waals surface area contributed by atoms with E-state index in [0.29, 0.717) is 18.9 Å². The van der Waals surface area contributed by atoms with Gasteiger partial charge in [-0.3, -0.25) is 4.79 Å². The fraction of sp³-hybridized carbons (Fsp3) is 0.435. The van der Waals surface area contributed by atoms with Gasteiger partial charge in [-0.05, 0) is 60.6 Å². The van der Waals surface area contributed by atoms with Crippen molar-refractivity contribution in [1.82, 2.24) is 9.21 Å². The highest BCUT2D eigenvalue weighted by atomic mass is 79.9. The van der Waals surface area contributed by atoms with Gasteiger partial charge in [0.15, 0.2) is 0 Å². The topological polar surface area (TPSA) is 57.7 Å². The molecular formula is C23H27BrN2O3S. The number of sulfonamides is 1. The van der Waals surface area contributed by atoms with Crippen LogP contribution in [0.4, 0.5) is 0 Å². The summed E-state index contributed by atoms with van der Waals surface area (Å²) in [6, 6.07) is 14.1. The minimum absolute atomic E-state index is 0.0413. The first-order valence-electron chi connectivity index (χ1n) is 10.5. The van der Waals surface area contributed by atoms with Crippen LogP contribution in [0, 0.1) is 5.92 Å². The Morgan fingerprint density at radius 3 is 2.40 bits per heavy atom. The third kappa shape index (κ3) is 4.34. The summed E-state index contributed by atoms with van der Waals surface area (Å²) < 4.78 is 29.4. The number of piperidine rings is 1. The molecule has 5 nitrogen and oxygen atoms in total. The van der Waals surface area contributed by atoms with Gasteiger partial charge in [-0.2, -0.15) is 4.31 Å². The number of rotatable bonds is 4. The zero-order chi connectivity index (χ0) is 21.3. The third-order valence-corrected chi connectivity index (χ3v) is 8.74. The zero-order valence-corrected chi connectivity index (χ0v) is 19.5. The minimum Gasteiger partial charge on any atom is -0.343 e. The number of hydrogen-bond acceptors (Lipinski definition) is 3. The molecule has 2 heterocycles. The number of carbonyl (C=O) groups is 1. The average molecular weight is 491 g/mol. The molecule has 4 rings (SSSR count). The zero-order valence-electron chi connectivity index (χ0n) is 17.1. The minimum atomic E-state index is -3.71. The van der Waals surface area contributed by atoms with E-state index in [1.165, 1.54) is 4.31 Å². The fourth-order valence-corrected chi connectivity index (χ4v) is 6.29. The Balaban J connectivity index is 1.65. The van der Waals surface area contributed by atoms with Crippen molar-refractivity contribution in [1.29, 1.82) is 0 Å². The lowest BCUT2D eigenvalue weighted by Gasteiger charge is -2.38. The van der Waals surface area contributed by atoms with Gasteiger partial charge in [-0.25, -0.2) is 8.42 Å². The summed E-state index contributed by atoms with van der Waals surface area (Å²) in [7, 11) is -3.71. The van der Waals surface area contributed by atoms with E-state index in [4.69, 9.17) is 0 Å². The van der Waals surface area contributed by atoms with Crippen molar-refractivity contribution in [2.75, 3.05) is 19.6 Å². The molecule has 160 valence electrons. The van der Waals surface area contributed by atoms with Gasteiger partial charge in [0.05, 0.1) is 10.9 Å². The molecule has 1 amide bonds. The van der Waals surface area contributed by atoms with Gasteiger partial charge < -0.3 is 4.90 Å². The van der Waals surface area contributed by atoms with Gasteiger partial charge >= 0.3 is 0 Å². The molecule has 30 heavy (non-hydrogen) atoms. The number of nitrogens with zero attached hydrogens (tertiary/aromatic N) is 2. The molecule has 7 heteroatoms. The molecule has 1 unspecified atom stereocenters. The molecule has 2 aliphatic heterocycles. The number of likely N-dealkylation sites (tertiary alicyclic amines) is 1. The largest absolute Gasteiger partial charge is 0.343 e. The van der Waals surface area contributed by atoms with Crippen molar-refractivity contribution >= 4 is 31.9 Å². The van der Waals surface area contributed by atoms with E-state index < -0.39 is 16.1 Å². The maximum Gasteiger partial charge on any atom is 0.243 e. The molecule has 2 aromatic rings. The lowest BCUT2D eigenvalue weighted by molar-refractivity contribution is -0.133. The molecule has 0 saturated carbocycles. The van der Waals surface area contributed by atoms with Crippen LogP contribution in [0.5, 0.6) is 0 Å². The Hall–Kier alpha value is -1.70. The summed E-state index contributed by atoms with van der Waals surface area (Å²) in [6.45, 7) is 4.11. The lowest BCUT2D eigenvalue weighted by atomic mass is 9.91. The van der Waals surface area contributed by atoms with Crippen molar-refractivity contribution in [3.8, 4) is 0 Å². The highest BCUT2D eigenvalue weighted by Crippen LogP contribution is 2.37. The summed E-state index contributed by atoms with van der Waals surface area (Å²) in [5, 5.41) is 0. The number of fused-ring (bicyclic) bond motifs is 1. The monoisotopic (exact) mass is 490 g/mol. The van der Waals surface area contributed by atoms with Crippen molar-refractivity contribution in [2.24, 2.45) is 5.92 Å². The van der Waals surface area contributed by atoms with Crippen molar-refractivity contribution in [2.45, 2.75) is 43.5 Å². The lowest BCUT2D eigenvalue weighted by Crippen LogP contribution is -2.44. The number of benzene rings is 2. The summed E-state index contributed by atoms with van der Waals surface area (Å²) in [6.07, 6.45) is 2.85. The molecule has 1 saturated heterocycles. The van der Waals surface area contributed by atoms with E-state index in [-0.39, 0.29) is 17.2 Å². The van der Waals surface area contributed by atoms with Gasteiger partial charge in [0.25, 0.3) is 0 Å². The van der Waals surface area contributed by atoms with E-state index in [2.05, 4.69) is 22.9 Å². The van der Waals surface area contributed by atoms with Crippen molar-refractivity contribution in [3.05, 3.63) is 64.1 Å². The summed E-state index contributed by atoms with van der Waals surface area (Å²) in [4.78, 5) is 15.3. The summed E-state index contributed by atoms with van der Waals surface area (Å²) in [5.41, 5.74) is 2.08. The number of carbonyl (C=O) groups excluding carboxylic acids is 1. The van der Waals surface area contributed by atoms with Gasteiger partial charge in [-0.15, -0.1) is 0 Å². The molecule has 2 aliphatic rings. The Bertz CT molecular complexity index is 1010. The maximum atomic E-state index is 13.5. The SMILES string of the molecule is CC1CCN(C(=O)CC2c3ccccc3CCN2S(=O)(=O)c2ccc(Br)cc2)CC1. The van der Waals surface area contributed by atoms with Crippen LogP contribution in [-0.4, -0.2) is 43.2 Å². The highest BCUT2D eigenvalue weighted by molar-refractivity contribution is 9.10. The quantitative estimate of drug-likeness (QED) is 0.638. The second-order valence-electron chi connectivity index (χ2n) is 8.30. The first kappa shape index (κ1) is 21.5. The first-order valence-corrected chi connectivity index (χ1v) is 12.7. The standard InChI is InChI=1S/C23H27BrN2O3S/c1-17-10-13-25(14-11-17)23(27)16-22-21-5-3-2-4-18(21)12-15-26(22)30(28,29)20-8-6-19(24)7-9-20/h2-9,17,22H,10-16H2,1H3. The fourth-order valence-electron chi connectivity index (χ4n) is 4.42. The molecule has 1 fully saturated rings. The average Bonchev–Trinajstić information content (AvgIpc) is 2.74. The molecule has 0 bridgehead atoms. The second-order valence-corrected chi connectivity index (χ2v) is 11.1. The number of halogens is 1. The maximum absolute atomic E-state index is 13.5. The van der Waals surface area contributed by atoms with Crippen LogP contribution in [-0.2, 0) is 21.2 Å². The van der Waals surface area contributed by atoms with Gasteiger partial charge in [0.2, 0.25) is 15.9 Å². The molecule has 0 aromatic heterocycles. The molecule has 0 radical (unpaired) electrons. The Kier molecular flexibility index (Phi) is 6.32. The van der Waals surface area contributed by atoms with E-state index in [1.54, 1.807) is 24.3 Å². The van der Waals surface area contributed by atoms with E-state index >= 15 is 0 Å². The van der Waals surface area contributed by atoms with Crippen LogP contribution in [0.3, 0.4) is 0 Å². The van der Waals surface area contributed by atoms with Gasteiger partial charge in [0, 0.05) is 30.5 Å². The highest BCUT2D eigenvalue weighted by Gasteiger charge is 2.38.